The summed E-state index contributed by atoms with van der Waals surface area (Å²) < 4.78 is 0. The maximum absolute atomic E-state index is 12.7. The average molecular weight is 267 g/mol. The summed E-state index contributed by atoms with van der Waals surface area (Å²) in [5.74, 6) is -0.948. The maximum Gasteiger partial charge on any atom is 0.307 e. The Labute approximate surface area is 115 Å². The van der Waals surface area contributed by atoms with E-state index < -0.39 is 11.9 Å². The Morgan fingerprint density at radius 3 is 2.26 bits per heavy atom. The predicted molar refractivity (Wildman–Crippen MR) is 72.7 cm³/mol. The highest BCUT2D eigenvalue weighted by atomic mass is 16.4. The molecule has 1 saturated carbocycles. The number of carboxylic acid groups (broad SMARTS) is 1. The normalized spacial score (nSPS) is 36.0. The largest absolute Gasteiger partial charge is 0.481 e. The van der Waals surface area contributed by atoms with Crippen molar-refractivity contribution >= 4 is 11.9 Å². The lowest BCUT2D eigenvalue weighted by molar-refractivity contribution is -0.154. The smallest absolute Gasteiger partial charge is 0.307 e. The molecule has 108 valence electrons. The quantitative estimate of drug-likeness (QED) is 0.836. The molecule has 1 saturated heterocycles. The summed E-state index contributed by atoms with van der Waals surface area (Å²) in [7, 11) is 0. The Balaban J connectivity index is 2.10. The molecule has 0 bridgehead atoms. The molecule has 2 aliphatic rings. The number of piperidine rings is 1. The van der Waals surface area contributed by atoms with Crippen molar-refractivity contribution in [3.8, 4) is 0 Å². The standard InChI is InChI=1S/C15H25NO3/c1-10-6-5-9-16(11(10)2)14(17)12-7-3-4-8-13(12)15(18)19/h10-13H,3-9H2,1-2H3,(H,18,19). The van der Waals surface area contributed by atoms with Crippen molar-refractivity contribution < 1.29 is 14.7 Å². The first kappa shape index (κ1) is 14.4. The van der Waals surface area contributed by atoms with Crippen molar-refractivity contribution in [2.75, 3.05) is 6.54 Å². The van der Waals surface area contributed by atoms with Gasteiger partial charge in [0.25, 0.3) is 0 Å². The number of carbonyl (C=O) groups excluding carboxylic acids is 1. The molecule has 4 atom stereocenters. The highest BCUT2D eigenvalue weighted by Gasteiger charge is 2.40. The second-order valence-electron chi connectivity index (χ2n) is 6.23. The number of likely N-dealkylation sites (tertiary alicyclic amines) is 1. The minimum atomic E-state index is -0.796. The number of amides is 1. The first-order valence-corrected chi connectivity index (χ1v) is 7.55. The SMILES string of the molecule is CC1CCCN(C(=O)C2CCCCC2C(=O)O)C1C. The fourth-order valence-electron chi connectivity index (χ4n) is 3.58. The average Bonchev–Trinajstić information content (AvgIpc) is 2.41. The van der Waals surface area contributed by atoms with Crippen LogP contribution < -0.4 is 0 Å². The molecule has 0 aromatic carbocycles. The van der Waals surface area contributed by atoms with Crippen LogP contribution in [0.25, 0.3) is 0 Å². The summed E-state index contributed by atoms with van der Waals surface area (Å²) in [5, 5.41) is 9.30. The second-order valence-corrected chi connectivity index (χ2v) is 6.23. The van der Waals surface area contributed by atoms with Crippen LogP contribution in [-0.2, 0) is 9.59 Å². The Morgan fingerprint density at radius 2 is 1.63 bits per heavy atom. The van der Waals surface area contributed by atoms with Gasteiger partial charge in [-0.3, -0.25) is 9.59 Å². The topological polar surface area (TPSA) is 57.6 Å². The van der Waals surface area contributed by atoms with Gasteiger partial charge in [0.1, 0.15) is 0 Å². The van der Waals surface area contributed by atoms with E-state index in [1.807, 2.05) is 4.90 Å². The van der Waals surface area contributed by atoms with Crippen LogP contribution in [0, 0.1) is 17.8 Å². The van der Waals surface area contributed by atoms with Crippen molar-refractivity contribution in [1.82, 2.24) is 4.90 Å². The molecule has 4 heteroatoms. The summed E-state index contributed by atoms with van der Waals surface area (Å²) in [5.41, 5.74) is 0. The van der Waals surface area contributed by atoms with Gasteiger partial charge >= 0.3 is 5.97 Å². The van der Waals surface area contributed by atoms with Gasteiger partial charge in [-0.25, -0.2) is 0 Å². The van der Waals surface area contributed by atoms with Crippen LogP contribution in [0.3, 0.4) is 0 Å². The van der Waals surface area contributed by atoms with Crippen LogP contribution in [0.2, 0.25) is 0 Å². The van der Waals surface area contributed by atoms with E-state index in [0.29, 0.717) is 12.3 Å². The molecule has 1 aliphatic carbocycles. The molecule has 0 spiro atoms. The van der Waals surface area contributed by atoms with Crippen LogP contribution in [0.5, 0.6) is 0 Å². The van der Waals surface area contributed by atoms with E-state index in [9.17, 15) is 14.7 Å². The van der Waals surface area contributed by atoms with Crippen LogP contribution >= 0.6 is 0 Å². The van der Waals surface area contributed by atoms with E-state index in [1.54, 1.807) is 0 Å². The summed E-state index contributed by atoms with van der Waals surface area (Å²) >= 11 is 0. The Hall–Kier alpha value is -1.06. The van der Waals surface area contributed by atoms with E-state index in [-0.39, 0.29) is 17.9 Å². The van der Waals surface area contributed by atoms with Gasteiger partial charge in [0, 0.05) is 12.6 Å². The number of hydrogen-bond acceptors (Lipinski definition) is 2. The van der Waals surface area contributed by atoms with Gasteiger partial charge in [-0.1, -0.05) is 19.8 Å². The Morgan fingerprint density at radius 1 is 1.00 bits per heavy atom. The van der Waals surface area contributed by atoms with Gasteiger partial charge in [-0.2, -0.15) is 0 Å². The van der Waals surface area contributed by atoms with Crippen LogP contribution in [0.15, 0.2) is 0 Å². The zero-order valence-corrected chi connectivity index (χ0v) is 12.0. The van der Waals surface area contributed by atoms with Gasteiger partial charge in [0.05, 0.1) is 11.8 Å². The molecule has 2 fully saturated rings. The molecule has 4 unspecified atom stereocenters. The zero-order chi connectivity index (χ0) is 14.0. The number of nitrogens with zero attached hydrogens (tertiary/aromatic N) is 1. The fraction of sp³-hybridized carbons (Fsp3) is 0.867. The number of carbonyl (C=O) groups is 2. The van der Waals surface area contributed by atoms with Crippen molar-refractivity contribution in [3.05, 3.63) is 0 Å². The third-order valence-corrected chi connectivity index (χ3v) is 5.06. The first-order valence-electron chi connectivity index (χ1n) is 7.55. The summed E-state index contributed by atoms with van der Waals surface area (Å²) in [6.07, 6.45) is 5.53. The highest BCUT2D eigenvalue weighted by Crippen LogP contribution is 2.34. The van der Waals surface area contributed by atoms with E-state index in [4.69, 9.17) is 0 Å². The monoisotopic (exact) mass is 267 g/mol. The summed E-state index contributed by atoms with van der Waals surface area (Å²) in [6, 6.07) is 0.248. The first-order chi connectivity index (χ1) is 9.02. The molecule has 1 heterocycles. The zero-order valence-electron chi connectivity index (χ0n) is 12.0. The number of aliphatic carboxylic acids is 1. The number of rotatable bonds is 2. The Kier molecular flexibility index (Phi) is 4.48. The molecule has 0 aromatic rings. The molecule has 0 radical (unpaired) electrons. The van der Waals surface area contributed by atoms with E-state index >= 15 is 0 Å². The van der Waals surface area contributed by atoms with Crippen molar-refractivity contribution in [2.24, 2.45) is 17.8 Å². The third-order valence-electron chi connectivity index (χ3n) is 5.06. The summed E-state index contributed by atoms with van der Waals surface area (Å²) in [6.45, 7) is 5.08. The minimum Gasteiger partial charge on any atom is -0.481 e. The molecule has 4 nitrogen and oxygen atoms in total. The lowest BCUT2D eigenvalue weighted by Crippen LogP contribution is -2.50. The van der Waals surface area contributed by atoms with E-state index in [1.165, 1.54) is 0 Å². The van der Waals surface area contributed by atoms with E-state index in [2.05, 4.69) is 13.8 Å². The fourth-order valence-corrected chi connectivity index (χ4v) is 3.58. The van der Waals surface area contributed by atoms with Crippen LogP contribution in [0.1, 0.15) is 52.4 Å². The predicted octanol–water partition coefficient (Wildman–Crippen LogP) is 2.52. The third kappa shape index (κ3) is 2.93. The van der Waals surface area contributed by atoms with Crippen molar-refractivity contribution in [3.63, 3.8) is 0 Å². The number of carboxylic acids is 1. The lowest BCUT2D eigenvalue weighted by atomic mass is 9.77. The lowest BCUT2D eigenvalue weighted by Gasteiger charge is -2.41. The van der Waals surface area contributed by atoms with Crippen molar-refractivity contribution in [1.29, 1.82) is 0 Å². The molecular formula is C15H25NO3. The molecule has 1 amide bonds. The molecule has 1 aliphatic heterocycles. The number of hydrogen-bond donors (Lipinski definition) is 1. The molecule has 0 aromatic heterocycles. The Bertz CT molecular complexity index is 355. The van der Waals surface area contributed by atoms with Crippen LogP contribution in [0.4, 0.5) is 0 Å². The van der Waals surface area contributed by atoms with Gasteiger partial charge in [0.2, 0.25) is 5.91 Å². The van der Waals surface area contributed by atoms with E-state index in [0.717, 1.165) is 38.6 Å². The van der Waals surface area contributed by atoms with Gasteiger partial charge in [-0.05, 0) is 38.5 Å². The van der Waals surface area contributed by atoms with Gasteiger partial charge in [0.15, 0.2) is 0 Å². The molecule has 2 rings (SSSR count). The summed E-state index contributed by atoms with van der Waals surface area (Å²) in [4.78, 5) is 26.0. The van der Waals surface area contributed by atoms with Crippen molar-refractivity contribution in [2.45, 2.75) is 58.4 Å². The maximum atomic E-state index is 12.7. The second kappa shape index (κ2) is 5.93. The minimum absolute atomic E-state index is 0.0890. The molecule has 19 heavy (non-hydrogen) atoms. The van der Waals surface area contributed by atoms with Gasteiger partial charge < -0.3 is 10.0 Å². The molecular weight excluding hydrogens is 242 g/mol. The van der Waals surface area contributed by atoms with Crippen LogP contribution in [-0.4, -0.2) is 34.5 Å². The molecule has 1 N–H and O–H groups in total. The highest BCUT2D eigenvalue weighted by molar-refractivity contribution is 5.85. The van der Waals surface area contributed by atoms with Gasteiger partial charge in [-0.15, -0.1) is 0 Å².